The highest BCUT2D eigenvalue weighted by Crippen LogP contribution is 2.38. The van der Waals surface area contributed by atoms with Gasteiger partial charge in [-0.05, 0) is 25.2 Å². The molecule has 4 heteroatoms. The minimum atomic E-state index is 0.0703. The number of hydrogen-bond donors (Lipinski definition) is 0. The second kappa shape index (κ2) is 7.04. The lowest BCUT2D eigenvalue weighted by Crippen LogP contribution is -2.48. The maximum absolute atomic E-state index is 12.2. The lowest BCUT2D eigenvalue weighted by atomic mass is 9.97. The summed E-state index contributed by atoms with van der Waals surface area (Å²) in [6.07, 6.45) is 6.75. The summed E-state index contributed by atoms with van der Waals surface area (Å²) in [5.41, 5.74) is 0. The molecule has 4 nitrogen and oxygen atoms in total. The predicted octanol–water partition coefficient (Wildman–Crippen LogP) is 2.16. The molecule has 1 saturated heterocycles. The Morgan fingerprint density at radius 1 is 1.37 bits per heavy atom. The number of rotatable bonds is 7. The minimum Gasteiger partial charge on any atom is -0.372 e. The molecule has 1 atom stereocenters. The van der Waals surface area contributed by atoms with Crippen LogP contribution in [0.3, 0.4) is 0 Å². The van der Waals surface area contributed by atoms with Crippen LogP contribution in [0.2, 0.25) is 0 Å². The van der Waals surface area contributed by atoms with Gasteiger partial charge in [-0.2, -0.15) is 0 Å². The number of hydrogen-bond acceptors (Lipinski definition) is 3. The van der Waals surface area contributed by atoms with Crippen LogP contribution in [-0.2, 0) is 14.3 Å². The van der Waals surface area contributed by atoms with Gasteiger partial charge >= 0.3 is 0 Å². The summed E-state index contributed by atoms with van der Waals surface area (Å²) in [7, 11) is 0. The van der Waals surface area contributed by atoms with Crippen molar-refractivity contribution in [3.8, 4) is 0 Å². The lowest BCUT2D eigenvalue weighted by Gasteiger charge is -2.35. The fraction of sp³-hybridized carbons (Fsp3) is 0.867. The Balaban J connectivity index is 1.75. The van der Waals surface area contributed by atoms with Crippen LogP contribution in [0.25, 0.3) is 0 Å². The molecule has 0 spiro atoms. The second-order valence-corrected chi connectivity index (χ2v) is 5.74. The van der Waals surface area contributed by atoms with Gasteiger partial charge in [0.2, 0.25) is 5.91 Å². The Morgan fingerprint density at radius 2 is 2.16 bits per heavy atom. The van der Waals surface area contributed by atoms with E-state index in [-0.39, 0.29) is 18.6 Å². The van der Waals surface area contributed by atoms with Crippen molar-refractivity contribution in [1.29, 1.82) is 0 Å². The number of carbonyl (C=O) groups is 2. The maximum atomic E-state index is 12.2. The third kappa shape index (κ3) is 4.30. The molecule has 0 aromatic heterocycles. The monoisotopic (exact) mass is 267 g/mol. The molecule has 0 N–H and O–H groups in total. The van der Waals surface area contributed by atoms with Gasteiger partial charge in [0.15, 0.2) is 0 Å². The summed E-state index contributed by atoms with van der Waals surface area (Å²) in [5, 5.41) is 0. The molecule has 1 heterocycles. The third-order valence-electron chi connectivity index (χ3n) is 4.07. The van der Waals surface area contributed by atoms with E-state index >= 15 is 0 Å². The third-order valence-corrected chi connectivity index (χ3v) is 4.07. The van der Waals surface area contributed by atoms with Crippen molar-refractivity contribution >= 4 is 11.7 Å². The van der Waals surface area contributed by atoms with Crippen LogP contribution in [0.15, 0.2) is 0 Å². The molecule has 1 unspecified atom stereocenters. The van der Waals surface area contributed by atoms with E-state index in [0.717, 1.165) is 19.3 Å². The first-order valence-corrected chi connectivity index (χ1v) is 7.61. The fourth-order valence-corrected chi connectivity index (χ4v) is 2.76. The van der Waals surface area contributed by atoms with Gasteiger partial charge in [-0.15, -0.1) is 0 Å². The summed E-state index contributed by atoms with van der Waals surface area (Å²) >= 11 is 0. The molecule has 0 aromatic carbocycles. The zero-order chi connectivity index (χ0) is 13.7. The average Bonchev–Trinajstić information content (AvgIpc) is 3.22. The number of likely N-dealkylation sites (tertiary alicyclic amines) is 1. The Morgan fingerprint density at radius 3 is 2.84 bits per heavy atom. The Bertz CT molecular complexity index is 325. The van der Waals surface area contributed by atoms with Gasteiger partial charge < -0.3 is 9.64 Å². The van der Waals surface area contributed by atoms with Crippen molar-refractivity contribution in [2.75, 3.05) is 19.8 Å². The number of Topliss-reactive ketones (excluding diaryl/α,β-unsaturated/α-hetero) is 1. The first-order chi connectivity index (χ1) is 9.22. The van der Waals surface area contributed by atoms with Crippen LogP contribution in [0.4, 0.5) is 0 Å². The summed E-state index contributed by atoms with van der Waals surface area (Å²) in [6.45, 7) is 3.59. The molecule has 1 aliphatic heterocycles. The van der Waals surface area contributed by atoms with Gasteiger partial charge in [-0.3, -0.25) is 9.59 Å². The van der Waals surface area contributed by atoms with Crippen LogP contribution in [0.5, 0.6) is 0 Å². The van der Waals surface area contributed by atoms with Crippen LogP contribution >= 0.6 is 0 Å². The second-order valence-electron chi connectivity index (χ2n) is 5.74. The van der Waals surface area contributed by atoms with E-state index < -0.39 is 0 Å². The van der Waals surface area contributed by atoms with Gasteiger partial charge in [0, 0.05) is 32.0 Å². The van der Waals surface area contributed by atoms with Crippen LogP contribution in [-0.4, -0.2) is 42.4 Å². The molecule has 0 radical (unpaired) electrons. The number of unbranched alkanes of at least 4 members (excludes halogenated alkanes) is 2. The van der Waals surface area contributed by atoms with E-state index in [1.807, 2.05) is 4.90 Å². The van der Waals surface area contributed by atoms with Crippen molar-refractivity contribution in [2.24, 2.45) is 5.92 Å². The first-order valence-electron chi connectivity index (χ1n) is 7.61. The normalized spacial score (nSPS) is 23.7. The van der Waals surface area contributed by atoms with E-state index in [4.69, 9.17) is 4.74 Å². The number of nitrogens with zero attached hydrogens (tertiary/aromatic N) is 1. The molecule has 2 rings (SSSR count). The highest BCUT2D eigenvalue weighted by molar-refractivity contribution is 5.84. The van der Waals surface area contributed by atoms with E-state index in [1.54, 1.807) is 0 Å². The van der Waals surface area contributed by atoms with Gasteiger partial charge in [0.1, 0.15) is 12.4 Å². The SMILES string of the molecule is CCCCCOCC(=O)N1CCC(=O)CC1C1CC1. The van der Waals surface area contributed by atoms with Crippen molar-refractivity contribution in [3.05, 3.63) is 0 Å². The highest BCUT2D eigenvalue weighted by atomic mass is 16.5. The molecule has 1 aliphatic carbocycles. The van der Waals surface area contributed by atoms with E-state index in [9.17, 15) is 9.59 Å². The summed E-state index contributed by atoms with van der Waals surface area (Å²) in [6, 6.07) is 0.160. The molecule has 1 saturated carbocycles. The first kappa shape index (κ1) is 14.5. The van der Waals surface area contributed by atoms with E-state index in [0.29, 0.717) is 37.7 Å². The van der Waals surface area contributed by atoms with Gasteiger partial charge in [-0.1, -0.05) is 19.8 Å². The maximum Gasteiger partial charge on any atom is 0.248 e. The number of amides is 1. The standard InChI is InChI=1S/C15H25NO3/c1-2-3-4-9-19-11-15(18)16-8-7-13(17)10-14(16)12-5-6-12/h12,14H,2-11H2,1H3. The molecule has 19 heavy (non-hydrogen) atoms. The molecule has 1 amide bonds. The molecular formula is C15H25NO3. The number of carbonyl (C=O) groups excluding carboxylic acids is 2. The average molecular weight is 267 g/mol. The largest absolute Gasteiger partial charge is 0.372 e. The van der Waals surface area contributed by atoms with Crippen LogP contribution in [0, 0.1) is 5.92 Å². The number of ether oxygens (including phenoxy) is 1. The molecule has 2 aliphatic rings. The smallest absolute Gasteiger partial charge is 0.248 e. The minimum absolute atomic E-state index is 0.0703. The van der Waals surface area contributed by atoms with Crippen molar-refractivity contribution in [2.45, 2.75) is 57.9 Å². The van der Waals surface area contributed by atoms with Crippen LogP contribution in [0.1, 0.15) is 51.9 Å². The molecular weight excluding hydrogens is 242 g/mol. The quantitative estimate of drug-likeness (QED) is 0.664. The van der Waals surface area contributed by atoms with Gasteiger partial charge in [0.05, 0.1) is 0 Å². The molecule has 2 fully saturated rings. The topological polar surface area (TPSA) is 46.6 Å². The highest BCUT2D eigenvalue weighted by Gasteiger charge is 2.40. The van der Waals surface area contributed by atoms with E-state index in [2.05, 4.69) is 6.92 Å². The number of ketones is 1. The Labute approximate surface area is 115 Å². The summed E-state index contributed by atoms with van der Waals surface area (Å²) < 4.78 is 5.45. The zero-order valence-electron chi connectivity index (χ0n) is 11.9. The Hall–Kier alpha value is -0.900. The van der Waals surface area contributed by atoms with Crippen LogP contribution < -0.4 is 0 Å². The predicted molar refractivity (Wildman–Crippen MR) is 72.8 cm³/mol. The van der Waals surface area contributed by atoms with Crippen molar-refractivity contribution in [1.82, 2.24) is 4.90 Å². The van der Waals surface area contributed by atoms with Crippen molar-refractivity contribution < 1.29 is 14.3 Å². The fourth-order valence-electron chi connectivity index (χ4n) is 2.76. The summed E-state index contributed by atoms with van der Waals surface area (Å²) in [4.78, 5) is 25.6. The molecule has 0 bridgehead atoms. The van der Waals surface area contributed by atoms with Crippen molar-refractivity contribution in [3.63, 3.8) is 0 Å². The van der Waals surface area contributed by atoms with E-state index in [1.165, 1.54) is 12.8 Å². The lowest BCUT2D eigenvalue weighted by molar-refractivity contribution is -0.142. The number of piperidine rings is 1. The zero-order valence-corrected chi connectivity index (χ0v) is 11.9. The molecule has 108 valence electrons. The molecule has 0 aromatic rings. The van der Waals surface area contributed by atoms with Gasteiger partial charge in [0.25, 0.3) is 0 Å². The van der Waals surface area contributed by atoms with Gasteiger partial charge in [-0.25, -0.2) is 0 Å². The summed E-state index contributed by atoms with van der Waals surface area (Å²) in [5.74, 6) is 0.944. The Kier molecular flexibility index (Phi) is 5.37.